The molecule has 0 heterocycles. The number of halogens is 1. The monoisotopic (exact) mass is 241 g/mol. The maximum absolute atomic E-state index is 11.0. The van der Waals surface area contributed by atoms with Gasteiger partial charge in [0.1, 0.15) is 6.04 Å². The van der Waals surface area contributed by atoms with Gasteiger partial charge >= 0.3 is 5.97 Å². The van der Waals surface area contributed by atoms with E-state index < -0.39 is 12.0 Å². The maximum atomic E-state index is 11.0. The molecule has 0 amide bonds. The highest BCUT2D eigenvalue weighted by molar-refractivity contribution is 6.30. The minimum atomic E-state index is -0.843. The van der Waals surface area contributed by atoms with Gasteiger partial charge in [0, 0.05) is 10.7 Å². The van der Waals surface area contributed by atoms with Gasteiger partial charge in [0.05, 0.1) is 0 Å². The molecule has 0 aromatic heterocycles. The van der Waals surface area contributed by atoms with Crippen LogP contribution in [0.2, 0.25) is 5.02 Å². The second-order valence-corrected chi connectivity index (χ2v) is 4.60. The molecule has 0 aliphatic carbocycles. The van der Waals surface area contributed by atoms with Crippen LogP contribution in [0.3, 0.4) is 0 Å². The summed E-state index contributed by atoms with van der Waals surface area (Å²) in [6, 6.07) is 4.77. The van der Waals surface area contributed by atoms with Crippen molar-refractivity contribution in [3.05, 3.63) is 28.8 Å². The van der Waals surface area contributed by atoms with Crippen LogP contribution in [0.5, 0.6) is 0 Å². The number of hydrogen-bond donors (Lipinski definition) is 2. The quantitative estimate of drug-likeness (QED) is 0.851. The molecule has 0 saturated carbocycles. The topological polar surface area (TPSA) is 49.3 Å². The number of aryl methyl sites for hydroxylation is 1. The van der Waals surface area contributed by atoms with Gasteiger partial charge in [-0.15, -0.1) is 0 Å². The minimum absolute atomic E-state index is 0.0209. The van der Waals surface area contributed by atoms with Gasteiger partial charge in [0.15, 0.2) is 0 Å². The first kappa shape index (κ1) is 12.8. The van der Waals surface area contributed by atoms with Crippen LogP contribution in [-0.4, -0.2) is 17.1 Å². The predicted molar refractivity (Wildman–Crippen MR) is 66.1 cm³/mol. The number of carbonyl (C=O) groups is 1. The number of rotatable bonds is 4. The lowest BCUT2D eigenvalue weighted by Gasteiger charge is -2.20. The lowest BCUT2D eigenvalue weighted by Crippen LogP contribution is -2.34. The summed E-state index contributed by atoms with van der Waals surface area (Å²) < 4.78 is 0. The molecule has 0 aliphatic heterocycles. The molecule has 2 N–H and O–H groups in total. The van der Waals surface area contributed by atoms with E-state index in [1.807, 2.05) is 26.8 Å². The standard InChI is InChI=1S/C12H16ClNO2/c1-7(2)11(12(15)16)14-10-5-4-9(13)6-8(10)3/h4-7,11,14H,1-3H3,(H,15,16). The van der Waals surface area contributed by atoms with Crippen LogP contribution >= 0.6 is 11.6 Å². The molecule has 0 aliphatic rings. The van der Waals surface area contributed by atoms with E-state index in [1.165, 1.54) is 0 Å². The Kier molecular flexibility index (Phi) is 4.19. The fraction of sp³-hybridized carbons (Fsp3) is 0.417. The maximum Gasteiger partial charge on any atom is 0.326 e. The largest absolute Gasteiger partial charge is 0.480 e. The van der Waals surface area contributed by atoms with Crippen LogP contribution in [-0.2, 0) is 4.79 Å². The van der Waals surface area contributed by atoms with E-state index in [0.29, 0.717) is 5.02 Å². The minimum Gasteiger partial charge on any atom is -0.480 e. The first-order valence-electron chi connectivity index (χ1n) is 5.17. The average Bonchev–Trinajstić information content (AvgIpc) is 2.15. The van der Waals surface area contributed by atoms with Crippen LogP contribution in [0.25, 0.3) is 0 Å². The number of aliphatic carboxylic acids is 1. The van der Waals surface area contributed by atoms with Crippen molar-refractivity contribution in [1.82, 2.24) is 0 Å². The Morgan fingerprint density at radius 3 is 2.50 bits per heavy atom. The number of carboxylic acid groups (broad SMARTS) is 1. The molecular formula is C12H16ClNO2. The molecule has 0 bridgehead atoms. The molecular weight excluding hydrogens is 226 g/mol. The Hall–Kier alpha value is -1.22. The van der Waals surface area contributed by atoms with Crippen molar-refractivity contribution >= 4 is 23.3 Å². The smallest absolute Gasteiger partial charge is 0.326 e. The molecule has 3 nitrogen and oxygen atoms in total. The molecule has 0 fully saturated rings. The van der Waals surface area contributed by atoms with Crippen molar-refractivity contribution in [2.45, 2.75) is 26.8 Å². The number of anilines is 1. The van der Waals surface area contributed by atoms with E-state index in [-0.39, 0.29) is 5.92 Å². The highest BCUT2D eigenvalue weighted by Crippen LogP contribution is 2.21. The SMILES string of the molecule is Cc1cc(Cl)ccc1NC(C(=O)O)C(C)C. The fourth-order valence-corrected chi connectivity index (χ4v) is 1.70. The molecule has 0 radical (unpaired) electrons. The number of carboxylic acids is 1. The molecule has 88 valence electrons. The summed E-state index contributed by atoms with van der Waals surface area (Å²) in [4.78, 5) is 11.0. The predicted octanol–water partition coefficient (Wildman–Crippen LogP) is 3.17. The summed E-state index contributed by atoms with van der Waals surface area (Å²) in [5.41, 5.74) is 1.75. The normalized spacial score (nSPS) is 12.6. The van der Waals surface area contributed by atoms with E-state index in [1.54, 1.807) is 12.1 Å². The molecule has 1 rings (SSSR count). The van der Waals surface area contributed by atoms with E-state index in [2.05, 4.69) is 5.32 Å². The zero-order chi connectivity index (χ0) is 12.3. The fourth-order valence-electron chi connectivity index (χ4n) is 1.47. The molecule has 0 saturated heterocycles. The third-order valence-corrected chi connectivity index (χ3v) is 2.67. The van der Waals surface area contributed by atoms with E-state index in [0.717, 1.165) is 11.3 Å². The summed E-state index contributed by atoms with van der Waals surface area (Å²) in [5, 5.41) is 12.7. The van der Waals surface area contributed by atoms with Gasteiger partial charge in [-0.3, -0.25) is 0 Å². The van der Waals surface area contributed by atoms with Gasteiger partial charge in [0.25, 0.3) is 0 Å². The van der Waals surface area contributed by atoms with E-state index >= 15 is 0 Å². The Balaban J connectivity index is 2.90. The molecule has 1 atom stereocenters. The molecule has 0 spiro atoms. The Morgan fingerprint density at radius 1 is 1.44 bits per heavy atom. The first-order chi connectivity index (χ1) is 7.41. The molecule has 1 unspecified atom stereocenters. The summed E-state index contributed by atoms with van der Waals surface area (Å²) in [6.45, 7) is 5.64. The number of benzene rings is 1. The summed E-state index contributed by atoms with van der Waals surface area (Å²) in [7, 11) is 0. The number of nitrogens with one attached hydrogen (secondary N) is 1. The second-order valence-electron chi connectivity index (χ2n) is 4.16. The van der Waals surface area contributed by atoms with Gasteiger partial charge in [0.2, 0.25) is 0 Å². The van der Waals surface area contributed by atoms with Gasteiger partial charge in [-0.2, -0.15) is 0 Å². The van der Waals surface area contributed by atoms with Crippen LogP contribution in [0.1, 0.15) is 19.4 Å². The van der Waals surface area contributed by atoms with E-state index in [9.17, 15) is 4.79 Å². The van der Waals surface area contributed by atoms with Crippen LogP contribution in [0, 0.1) is 12.8 Å². The van der Waals surface area contributed by atoms with Crippen molar-refractivity contribution in [3.63, 3.8) is 0 Å². The van der Waals surface area contributed by atoms with Crippen molar-refractivity contribution in [1.29, 1.82) is 0 Å². The van der Waals surface area contributed by atoms with Gasteiger partial charge in [-0.25, -0.2) is 4.79 Å². The molecule has 4 heteroatoms. The Morgan fingerprint density at radius 2 is 2.06 bits per heavy atom. The van der Waals surface area contributed by atoms with Crippen LogP contribution < -0.4 is 5.32 Å². The Bertz CT molecular complexity index is 391. The van der Waals surface area contributed by atoms with Crippen molar-refractivity contribution in [2.75, 3.05) is 5.32 Å². The lowest BCUT2D eigenvalue weighted by molar-refractivity contribution is -0.138. The van der Waals surface area contributed by atoms with Crippen LogP contribution in [0.15, 0.2) is 18.2 Å². The summed E-state index contributed by atoms with van der Waals surface area (Å²) in [6.07, 6.45) is 0. The second kappa shape index (κ2) is 5.21. The van der Waals surface area contributed by atoms with Gasteiger partial charge in [-0.05, 0) is 36.6 Å². The van der Waals surface area contributed by atoms with E-state index in [4.69, 9.17) is 16.7 Å². The molecule has 1 aromatic carbocycles. The Labute approximate surface area is 100 Å². The van der Waals surface area contributed by atoms with Crippen LogP contribution in [0.4, 0.5) is 5.69 Å². The third-order valence-electron chi connectivity index (χ3n) is 2.43. The average molecular weight is 242 g/mol. The van der Waals surface area contributed by atoms with Crippen molar-refractivity contribution < 1.29 is 9.90 Å². The first-order valence-corrected chi connectivity index (χ1v) is 5.55. The van der Waals surface area contributed by atoms with Gasteiger partial charge < -0.3 is 10.4 Å². The zero-order valence-electron chi connectivity index (χ0n) is 9.62. The highest BCUT2D eigenvalue weighted by atomic mass is 35.5. The number of hydrogen-bond acceptors (Lipinski definition) is 2. The molecule has 16 heavy (non-hydrogen) atoms. The highest BCUT2D eigenvalue weighted by Gasteiger charge is 2.21. The zero-order valence-corrected chi connectivity index (χ0v) is 10.4. The lowest BCUT2D eigenvalue weighted by atomic mass is 10.0. The molecule has 1 aromatic rings. The van der Waals surface area contributed by atoms with Gasteiger partial charge in [-0.1, -0.05) is 25.4 Å². The van der Waals surface area contributed by atoms with Crippen molar-refractivity contribution in [3.8, 4) is 0 Å². The summed E-state index contributed by atoms with van der Waals surface area (Å²) in [5.74, 6) is -0.822. The summed E-state index contributed by atoms with van der Waals surface area (Å²) >= 11 is 5.83. The third kappa shape index (κ3) is 3.14. The van der Waals surface area contributed by atoms with Crippen molar-refractivity contribution in [2.24, 2.45) is 5.92 Å².